The molecule has 1 amide bonds. The van der Waals surface area contributed by atoms with Crippen molar-refractivity contribution in [1.29, 1.82) is 0 Å². The summed E-state index contributed by atoms with van der Waals surface area (Å²) in [5.74, 6) is -0.0396. The summed E-state index contributed by atoms with van der Waals surface area (Å²) in [6, 6.07) is 2.80. The molecule has 0 aliphatic heterocycles. The summed E-state index contributed by atoms with van der Waals surface area (Å²) in [5.41, 5.74) is 1.27. The van der Waals surface area contributed by atoms with E-state index in [-0.39, 0.29) is 0 Å². The van der Waals surface area contributed by atoms with Gasteiger partial charge in [-0.2, -0.15) is 5.10 Å². The molecule has 0 spiro atoms. The van der Waals surface area contributed by atoms with Gasteiger partial charge < -0.3 is 15.0 Å². The largest absolute Gasteiger partial charge is 0.490 e. The molecule has 2 rings (SSSR count). The van der Waals surface area contributed by atoms with Gasteiger partial charge in [-0.1, -0.05) is 0 Å². The fourth-order valence-corrected chi connectivity index (χ4v) is 1.81. The molecule has 6 nitrogen and oxygen atoms in total. The number of hydrogen-bond donors (Lipinski definition) is 2. The minimum Gasteiger partial charge on any atom is -0.490 e. The molecule has 0 aliphatic rings. The van der Waals surface area contributed by atoms with Gasteiger partial charge in [0.2, 0.25) is 6.41 Å². The number of H-pyrrole nitrogens is 1. The van der Waals surface area contributed by atoms with Gasteiger partial charge >= 0.3 is 0 Å². The number of aromatic nitrogens is 2. The Bertz CT molecular complexity index is 599. The number of hydrogen-bond acceptors (Lipinski definition) is 4. The van der Waals surface area contributed by atoms with Crippen LogP contribution >= 0.6 is 0 Å². The lowest BCUT2D eigenvalue weighted by molar-refractivity contribution is -0.105. The highest BCUT2D eigenvalue weighted by atomic mass is 19.1. The number of benzene rings is 1. The van der Waals surface area contributed by atoms with E-state index in [9.17, 15) is 9.18 Å². The number of anilines is 1. The van der Waals surface area contributed by atoms with Crippen molar-refractivity contribution >= 4 is 12.1 Å². The summed E-state index contributed by atoms with van der Waals surface area (Å²) in [4.78, 5) is 12.6. The van der Waals surface area contributed by atoms with Crippen LogP contribution in [0.1, 0.15) is 0 Å². The second-order valence-corrected chi connectivity index (χ2v) is 4.73. The van der Waals surface area contributed by atoms with Gasteiger partial charge in [0.05, 0.1) is 11.9 Å². The van der Waals surface area contributed by atoms with Gasteiger partial charge in [-0.15, -0.1) is 0 Å². The maximum Gasteiger partial charge on any atom is 0.211 e. The molecule has 0 saturated heterocycles. The highest BCUT2D eigenvalue weighted by Crippen LogP contribution is 2.33. The van der Waals surface area contributed by atoms with Crippen LogP contribution in [0.3, 0.4) is 0 Å². The Hall–Kier alpha value is -2.41. The van der Waals surface area contributed by atoms with Gasteiger partial charge in [-0.3, -0.25) is 9.89 Å². The Morgan fingerprint density at radius 2 is 2.29 bits per heavy atom. The van der Waals surface area contributed by atoms with E-state index in [0.29, 0.717) is 42.1 Å². The van der Waals surface area contributed by atoms with Gasteiger partial charge in [-0.05, 0) is 20.2 Å². The van der Waals surface area contributed by atoms with E-state index in [1.165, 1.54) is 12.3 Å². The van der Waals surface area contributed by atoms with Crippen LogP contribution in [0.4, 0.5) is 10.1 Å². The van der Waals surface area contributed by atoms with E-state index in [1.807, 2.05) is 19.0 Å². The summed E-state index contributed by atoms with van der Waals surface area (Å²) in [6.45, 7) is 1.13. The van der Waals surface area contributed by atoms with E-state index in [4.69, 9.17) is 4.74 Å². The van der Waals surface area contributed by atoms with Crippen molar-refractivity contribution in [3.63, 3.8) is 0 Å². The van der Waals surface area contributed by atoms with Crippen LogP contribution in [0.25, 0.3) is 11.1 Å². The van der Waals surface area contributed by atoms with Crippen LogP contribution in [0.15, 0.2) is 24.5 Å². The van der Waals surface area contributed by atoms with Gasteiger partial charge in [0, 0.05) is 29.9 Å². The molecule has 1 heterocycles. The zero-order valence-corrected chi connectivity index (χ0v) is 11.9. The molecular formula is C14H17FN4O2. The molecule has 0 fully saturated rings. The topological polar surface area (TPSA) is 70.2 Å². The quantitative estimate of drug-likeness (QED) is 0.762. The molecular weight excluding hydrogens is 275 g/mol. The number of aromatic amines is 1. The summed E-state index contributed by atoms with van der Waals surface area (Å²) < 4.78 is 19.7. The van der Waals surface area contributed by atoms with Gasteiger partial charge in [0.1, 0.15) is 18.2 Å². The first kappa shape index (κ1) is 15.0. The molecule has 1 aromatic heterocycles. The van der Waals surface area contributed by atoms with E-state index < -0.39 is 5.82 Å². The highest BCUT2D eigenvalue weighted by Gasteiger charge is 2.13. The highest BCUT2D eigenvalue weighted by molar-refractivity contribution is 5.79. The Labute approximate surface area is 121 Å². The third-order valence-electron chi connectivity index (χ3n) is 2.89. The molecule has 0 atom stereocenters. The number of likely N-dealkylation sites (N-methyl/N-ethyl adjacent to an activating group) is 1. The first-order valence-electron chi connectivity index (χ1n) is 6.42. The summed E-state index contributed by atoms with van der Waals surface area (Å²) >= 11 is 0. The molecule has 21 heavy (non-hydrogen) atoms. The number of rotatable bonds is 7. The lowest BCUT2D eigenvalue weighted by Crippen LogP contribution is -2.19. The van der Waals surface area contributed by atoms with Gasteiger partial charge in [0.15, 0.2) is 0 Å². The Balaban J connectivity index is 2.30. The third kappa shape index (κ3) is 3.79. The summed E-state index contributed by atoms with van der Waals surface area (Å²) in [6.07, 6.45) is 3.61. The van der Waals surface area contributed by atoms with E-state index in [1.54, 1.807) is 12.3 Å². The van der Waals surface area contributed by atoms with Crippen molar-refractivity contribution in [2.75, 3.05) is 32.6 Å². The minimum atomic E-state index is -0.458. The van der Waals surface area contributed by atoms with E-state index in [0.717, 1.165) is 0 Å². The summed E-state index contributed by atoms with van der Waals surface area (Å²) in [5, 5.41) is 8.88. The molecule has 0 unspecified atom stereocenters. The molecule has 7 heteroatoms. The monoisotopic (exact) mass is 292 g/mol. The number of nitrogens with one attached hydrogen (secondary N) is 2. The second kappa shape index (κ2) is 6.85. The fourth-order valence-electron chi connectivity index (χ4n) is 1.81. The van der Waals surface area contributed by atoms with Crippen LogP contribution in [0, 0.1) is 5.82 Å². The van der Waals surface area contributed by atoms with Crippen LogP contribution < -0.4 is 10.1 Å². The third-order valence-corrected chi connectivity index (χ3v) is 2.89. The number of amides is 1. The van der Waals surface area contributed by atoms with Crippen molar-refractivity contribution in [3.8, 4) is 16.9 Å². The van der Waals surface area contributed by atoms with E-state index in [2.05, 4.69) is 15.5 Å². The average Bonchev–Trinajstić information content (AvgIpc) is 2.95. The van der Waals surface area contributed by atoms with E-state index >= 15 is 0 Å². The first-order valence-corrected chi connectivity index (χ1v) is 6.42. The number of carbonyl (C=O) groups excluding carboxylic acids is 1. The van der Waals surface area contributed by atoms with Crippen molar-refractivity contribution < 1.29 is 13.9 Å². The molecule has 0 radical (unpaired) electrons. The van der Waals surface area contributed by atoms with Crippen molar-refractivity contribution in [1.82, 2.24) is 15.1 Å². The fraction of sp³-hybridized carbons (Fsp3) is 0.286. The molecule has 0 aliphatic carbocycles. The minimum absolute atomic E-state index is 0.300. The summed E-state index contributed by atoms with van der Waals surface area (Å²) in [7, 11) is 3.85. The average molecular weight is 292 g/mol. The Kier molecular flexibility index (Phi) is 4.89. The van der Waals surface area contributed by atoms with Crippen LogP contribution in [-0.4, -0.2) is 48.8 Å². The lowest BCUT2D eigenvalue weighted by Gasteiger charge is -2.15. The van der Waals surface area contributed by atoms with Crippen molar-refractivity contribution in [2.24, 2.45) is 0 Å². The number of carbonyl (C=O) groups is 1. The molecule has 2 aromatic rings. The second-order valence-electron chi connectivity index (χ2n) is 4.73. The Morgan fingerprint density at radius 1 is 1.48 bits per heavy atom. The first-order chi connectivity index (χ1) is 10.1. The lowest BCUT2D eigenvalue weighted by atomic mass is 10.1. The number of nitrogens with zero attached hydrogens (tertiary/aromatic N) is 2. The predicted molar refractivity (Wildman–Crippen MR) is 77.7 cm³/mol. The van der Waals surface area contributed by atoms with Crippen LogP contribution in [0.2, 0.25) is 0 Å². The van der Waals surface area contributed by atoms with Gasteiger partial charge in [0.25, 0.3) is 0 Å². The molecule has 0 saturated carbocycles. The molecule has 0 bridgehead atoms. The smallest absolute Gasteiger partial charge is 0.211 e. The van der Waals surface area contributed by atoms with Gasteiger partial charge in [-0.25, -0.2) is 4.39 Å². The molecule has 112 valence electrons. The Morgan fingerprint density at radius 3 is 2.90 bits per heavy atom. The number of halogens is 1. The standard InChI is InChI=1S/C14H17FN4O2/c1-19(2)3-4-21-14-5-11(10-7-17-18-8-10)12(15)6-13(14)16-9-20/h5-9H,3-4H2,1-2H3,(H,16,20)(H,17,18). The van der Waals surface area contributed by atoms with Crippen LogP contribution in [0.5, 0.6) is 5.75 Å². The maximum atomic E-state index is 14.1. The normalized spacial score (nSPS) is 10.7. The van der Waals surface area contributed by atoms with Crippen LogP contribution in [-0.2, 0) is 4.79 Å². The zero-order valence-electron chi connectivity index (χ0n) is 11.9. The van der Waals surface area contributed by atoms with Crippen molar-refractivity contribution in [3.05, 3.63) is 30.3 Å². The SMILES string of the molecule is CN(C)CCOc1cc(-c2cn[nH]c2)c(F)cc1NC=O. The zero-order chi connectivity index (χ0) is 15.2. The van der Waals surface area contributed by atoms with Crippen molar-refractivity contribution in [2.45, 2.75) is 0 Å². The maximum absolute atomic E-state index is 14.1. The molecule has 1 aromatic carbocycles. The number of ether oxygens (including phenoxy) is 1. The predicted octanol–water partition coefficient (Wildman–Crippen LogP) is 1.72. The molecule has 2 N–H and O–H groups in total.